The fourth-order valence-corrected chi connectivity index (χ4v) is 7.46. The highest BCUT2D eigenvalue weighted by atomic mass is 16.3. The fourth-order valence-electron chi connectivity index (χ4n) is 7.46. The Morgan fingerprint density at radius 2 is 0.774 bits per heavy atom. The van der Waals surface area contributed by atoms with E-state index in [0.717, 1.165) is 38.5 Å². The van der Waals surface area contributed by atoms with Gasteiger partial charge in [0.15, 0.2) is 0 Å². The van der Waals surface area contributed by atoms with Crippen molar-refractivity contribution in [1.82, 2.24) is 5.32 Å². The van der Waals surface area contributed by atoms with Gasteiger partial charge < -0.3 is 25.7 Å². The Kier molecular flexibility index (Phi) is 41.4. The predicted molar refractivity (Wildman–Crippen MR) is 228 cm³/mol. The molecule has 5 N–H and O–H groups in total. The molecule has 0 rings (SSSR count). The molecule has 0 saturated carbocycles. The van der Waals surface area contributed by atoms with Gasteiger partial charge >= 0.3 is 0 Å². The Morgan fingerprint density at radius 1 is 0.453 bits per heavy atom. The molecule has 53 heavy (non-hydrogen) atoms. The van der Waals surface area contributed by atoms with Gasteiger partial charge in [-0.15, -0.1) is 0 Å². The fraction of sp³-hybridized carbons (Fsp3) is 0.936. The van der Waals surface area contributed by atoms with E-state index in [9.17, 15) is 25.2 Å². The largest absolute Gasteiger partial charge is 0.394 e. The quantitative estimate of drug-likeness (QED) is 0.0315. The van der Waals surface area contributed by atoms with Gasteiger partial charge in [-0.05, 0) is 38.5 Å². The smallest absolute Gasteiger partial charge is 0.249 e. The highest BCUT2D eigenvalue weighted by molar-refractivity contribution is 5.80. The first-order valence-corrected chi connectivity index (χ1v) is 23.6. The molecule has 0 fully saturated rings. The van der Waals surface area contributed by atoms with Crippen molar-refractivity contribution in [3.05, 3.63) is 12.2 Å². The van der Waals surface area contributed by atoms with Crippen molar-refractivity contribution in [2.45, 2.75) is 276 Å². The maximum atomic E-state index is 12.5. The van der Waals surface area contributed by atoms with Crippen LogP contribution < -0.4 is 5.32 Å². The lowest BCUT2D eigenvalue weighted by Gasteiger charge is -2.27. The summed E-state index contributed by atoms with van der Waals surface area (Å²) in [5.41, 5.74) is 0. The number of rotatable bonds is 43. The zero-order valence-corrected chi connectivity index (χ0v) is 35.5. The van der Waals surface area contributed by atoms with E-state index >= 15 is 0 Å². The Bertz CT molecular complexity index is 761. The summed E-state index contributed by atoms with van der Waals surface area (Å²) >= 11 is 0. The van der Waals surface area contributed by atoms with Crippen molar-refractivity contribution >= 4 is 5.91 Å². The Morgan fingerprint density at radius 3 is 1.13 bits per heavy atom. The van der Waals surface area contributed by atoms with Crippen LogP contribution in [0.4, 0.5) is 0 Å². The molecule has 0 aliphatic rings. The van der Waals surface area contributed by atoms with Crippen LogP contribution in [0.25, 0.3) is 0 Å². The first-order valence-electron chi connectivity index (χ1n) is 23.6. The van der Waals surface area contributed by atoms with E-state index in [1.165, 1.54) is 186 Å². The van der Waals surface area contributed by atoms with Gasteiger partial charge in [0.05, 0.1) is 18.8 Å². The molecule has 0 aromatic heterocycles. The molecule has 0 heterocycles. The third-order valence-electron chi connectivity index (χ3n) is 11.2. The van der Waals surface area contributed by atoms with Crippen LogP contribution in [0.3, 0.4) is 0 Å². The molecule has 0 radical (unpaired) electrons. The van der Waals surface area contributed by atoms with E-state index in [-0.39, 0.29) is 0 Å². The third-order valence-corrected chi connectivity index (χ3v) is 11.2. The maximum Gasteiger partial charge on any atom is 0.249 e. The summed E-state index contributed by atoms with van der Waals surface area (Å²) in [6.45, 7) is 4.04. The number of allylic oxidation sites excluding steroid dienone is 2. The van der Waals surface area contributed by atoms with Crippen LogP contribution in [0.2, 0.25) is 0 Å². The SMILES string of the molecule is CCCCCCCCCCCCCCCCCCCCCC/C=C/CCCC(O)C(O)C(CO)NC(=O)C(O)CCCCCCCCCCCCCC. The van der Waals surface area contributed by atoms with Gasteiger partial charge in [0, 0.05) is 0 Å². The van der Waals surface area contributed by atoms with E-state index in [2.05, 4.69) is 31.3 Å². The summed E-state index contributed by atoms with van der Waals surface area (Å²) in [6.07, 6.45) is 46.9. The van der Waals surface area contributed by atoms with Gasteiger partial charge in [-0.2, -0.15) is 0 Å². The van der Waals surface area contributed by atoms with Crippen LogP contribution in [0, 0.1) is 0 Å². The van der Waals surface area contributed by atoms with Crippen LogP contribution in [0.15, 0.2) is 12.2 Å². The average molecular weight is 752 g/mol. The highest BCUT2D eigenvalue weighted by Crippen LogP contribution is 2.17. The Hall–Kier alpha value is -0.950. The standard InChI is InChI=1S/C47H93NO5/c1-3-5-7-9-11-13-15-17-18-19-20-21-22-23-24-25-26-27-28-29-31-32-34-36-38-40-44(50)46(52)43(42-49)48-47(53)45(51)41-39-37-35-33-30-16-14-12-10-8-6-4-2/h32,34,43-46,49-52H,3-31,33,35-42H2,1-2H3,(H,48,53)/b34-32+. The molecule has 0 bridgehead atoms. The molecule has 6 nitrogen and oxygen atoms in total. The molecule has 0 saturated heterocycles. The van der Waals surface area contributed by atoms with Crippen LogP contribution in [-0.4, -0.2) is 57.3 Å². The topological polar surface area (TPSA) is 110 Å². The molecule has 0 aromatic rings. The van der Waals surface area contributed by atoms with E-state index in [1.54, 1.807) is 0 Å². The van der Waals surface area contributed by atoms with Crippen LogP contribution in [0.1, 0.15) is 251 Å². The minimum atomic E-state index is -1.28. The van der Waals surface area contributed by atoms with E-state index in [4.69, 9.17) is 0 Å². The number of hydrogen-bond acceptors (Lipinski definition) is 5. The molecule has 0 spiro atoms. The molecule has 6 heteroatoms. The zero-order valence-electron chi connectivity index (χ0n) is 35.5. The zero-order chi connectivity index (χ0) is 38.9. The molecule has 1 amide bonds. The lowest BCUT2D eigenvalue weighted by molar-refractivity contribution is -0.132. The van der Waals surface area contributed by atoms with Crippen molar-refractivity contribution in [3.8, 4) is 0 Å². The minimum Gasteiger partial charge on any atom is -0.394 e. The second kappa shape index (κ2) is 42.2. The summed E-state index contributed by atoms with van der Waals surface area (Å²) < 4.78 is 0. The lowest BCUT2D eigenvalue weighted by atomic mass is 10.00. The Balaban J connectivity index is 3.67. The molecule has 316 valence electrons. The van der Waals surface area contributed by atoms with Crippen molar-refractivity contribution in [1.29, 1.82) is 0 Å². The van der Waals surface area contributed by atoms with E-state index in [1.807, 2.05) is 0 Å². The first kappa shape index (κ1) is 52.0. The number of carbonyl (C=O) groups is 1. The lowest BCUT2D eigenvalue weighted by Crippen LogP contribution is -2.53. The van der Waals surface area contributed by atoms with E-state index in [0.29, 0.717) is 12.8 Å². The third kappa shape index (κ3) is 36.4. The van der Waals surface area contributed by atoms with Crippen molar-refractivity contribution in [2.24, 2.45) is 0 Å². The summed E-state index contributed by atoms with van der Waals surface area (Å²) in [5, 5.41) is 43.6. The molecule has 0 aliphatic carbocycles. The number of aliphatic hydroxyl groups excluding tert-OH is 4. The maximum absolute atomic E-state index is 12.5. The van der Waals surface area contributed by atoms with Gasteiger partial charge in [-0.25, -0.2) is 0 Å². The van der Waals surface area contributed by atoms with Gasteiger partial charge in [0.2, 0.25) is 5.91 Å². The van der Waals surface area contributed by atoms with Crippen LogP contribution in [0.5, 0.6) is 0 Å². The second-order valence-corrected chi connectivity index (χ2v) is 16.5. The van der Waals surface area contributed by atoms with Gasteiger partial charge in [0.1, 0.15) is 12.2 Å². The monoisotopic (exact) mass is 752 g/mol. The number of hydrogen-bond donors (Lipinski definition) is 5. The normalized spacial score (nSPS) is 14.2. The molecule has 0 aliphatic heterocycles. The molecular formula is C47H93NO5. The molecule has 0 aromatic carbocycles. The van der Waals surface area contributed by atoms with Gasteiger partial charge in [0.25, 0.3) is 0 Å². The summed E-state index contributed by atoms with van der Waals surface area (Å²) in [4.78, 5) is 12.5. The summed E-state index contributed by atoms with van der Waals surface area (Å²) in [6, 6.07) is -0.996. The van der Waals surface area contributed by atoms with Crippen molar-refractivity contribution in [3.63, 3.8) is 0 Å². The number of nitrogens with one attached hydrogen (secondary N) is 1. The number of unbranched alkanes of at least 4 members (excludes halogenated alkanes) is 32. The van der Waals surface area contributed by atoms with Crippen molar-refractivity contribution < 1.29 is 25.2 Å². The van der Waals surface area contributed by atoms with E-state index < -0.39 is 36.9 Å². The average Bonchev–Trinajstić information content (AvgIpc) is 3.16. The Labute approximate surface area is 330 Å². The summed E-state index contributed by atoms with van der Waals surface area (Å²) in [7, 11) is 0. The van der Waals surface area contributed by atoms with Gasteiger partial charge in [-0.3, -0.25) is 4.79 Å². The van der Waals surface area contributed by atoms with Gasteiger partial charge in [-0.1, -0.05) is 225 Å². The number of aliphatic hydroxyl groups is 4. The second-order valence-electron chi connectivity index (χ2n) is 16.5. The number of amides is 1. The molecule has 4 atom stereocenters. The minimum absolute atomic E-state index is 0.367. The number of carbonyl (C=O) groups excluding carboxylic acids is 1. The molecule has 4 unspecified atom stereocenters. The van der Waals surface area contributed by atoms with Crippen LogP contribution >= 0.6 is 0 Å². The van der Waals surface area contributed by atoms with Crippen LogP contribution in [-0.2, 0) is 4.79 Å². The summed E-state index contributed by atoms with van der Waals surface area (Å²) in [5.74, 6) is -0.591. The van der Waals surface area contributed by atoms with Crippen molar-refractivity contribution in [2.75, 3.05) is 6.61 Å². The predicted octanol–water partition coefficient (Wildman–Crippen LogP) is 12.6. The molecular weight excluding hydrogens is 659 g/mol. The highest BCUT2D eigenvalue weighted by Gasteiger charge is 2.28. The first-order chi connectivity index (χ1) is 26.0.